The van der Waals surface area contributed by atoms with E-state index in [1.54, 1.807) is 0 Å². The van der Waals surface area contributed by atoms with Gasteiger partial charge in [-0.2, -0.15) is 0 Å². The Morgan fingerprint density at radius 3 is 1.26 bits per heavy atom. The van der Waals surface area contributed by atoms with Crippen LogP contribution in [0.4, 0.5) is 68.2 Å². The Morgan fingerprint density at radius 1 is 0.224 bits per heavy atom. The molecule has 0 N–H and O–H groups in total. The van der Waals surface area contributed by atoms with E-state index < -0.39 is 0 Å². The standard InChI is InChI=1S/C90H60B2N4S2/c1-8-28-61(29-9-1)63-50-52-70(53-51-63)94(71-43-26-36-66(54-71)62-30-10-2-11-31-62)73-55-82-88-87(58-73)98-85-60-81-78(59-79(85)91(88)76-46-22-24-48-80(76)95(82)69-41-20-7-21-42-69)92-77-47-23-25-49-84(77)97-86-57-72(93(67-37-16-5-17-38-67)68-39-18-6-19-40-68)56-83(89(86)92)96(81)90-74(64-32-12-3-13-33-64)44-27-45-75(90)65-34-14-4-15-35-65/h1-60H. The number of benzene rings is 15. The van der Waals surface area contributed by atoms with Crippen LogP contribution in [0.25, 0.3) is 44.5 Å². The smallest absolute Gasteiger partial charge is 0.249 e. The summed E-state index contributed by atoms with van der Waals surface area (Å²) < 4.78 is 0. The molecule has 4 aliphatic heterocycles. The summed E-state index contributed by atoms with van der Waals surface area (Å²) in [4.78, 5) is 15.1. The molecule has 15 aromatic carbocycles. The fourth-order valence-corrected chi connectivity index (χ4v) is 18.0. The van der Waals surface area contributed by atoms with Gasteiger partial charge in [-0.25, -0.2) is 0 Å². The van der Waals surface area contributed by atoms with Gasteiger partial charge in [0.1, 0.15) is 0 Å². The molecule has 8 heteroatoms. The molecule has 4 aliphatic rings. The summed E-state index contributed by atoms with van der Waals surface area (Å²) in [5.74, 6) is 0. The molecular formula is C90H60B2N4S2. The van der Waals surface area contributed by atoms with Gasteiger partial charge < -0.3 is 19.6 Å². The first-order chi connectivity index (χ1) is 48.6. The molecule has 98 heavy (non-hydrogen) atoms. The van der Waals surface area contributed by atoms with Crippen molar-refractivity contribution < 1.29 is 0 Å². The Kier molecular flexibility index (Phi) is 14.3. The number of hydrogen-bond acceptors (Lipinski definition) is 6. The highest BCUT2D eigenvalue weighted by atomic mass is 32.2. The van der Waals surface area contributed by atoms with Crippen LogP contribution in [-0.4, -0.2) is 13.4 Å². The van der Waals surface area contributed by atoms with Gasteiger partial charge in [0, 0.05) is 93.3 Å². The molecule has 0 unspecified atom stereocenters. The number of hydrogen-bond donors (Lipinski definition) is 0. The molecule has 0 saturated carbocycles. The van der Waals surface area contributed by atoms with Crippen molar-refractivity contribution in [3.05, 3.63) is 364 Å². The maximum atomic E-state index is 2.69. The van der Waals surface area contributed by atoms with E-state index >= 15 is 0 Å². The van der Waals surface area contributed by atoms with Gasteiger partial charge in [0.25, 0.3) is 0 Å². The summed E-state index contributed by atoms with van der Waals surface area (Å²) in [7, 11) is 0. The largest absolute Gasteiger partial charge is 0.311 e. The van der Waals surface area contributed by atoms with Crippen molar-refractivity contribution in [1.29, 1.82) is 0 Å². The van der Waals surface area contributed by atoms with Crippen LogP contribution in [0.5, 0.6) is 0 Å². The number of para-hydroxylation sites is 5. The lowest BCUT2D eigenvalue weighted by Gasteiger charge is -2.44. The van der Waals surface area contributed by atoms with Gasteiger partial charge in [-0.1, -0.05) is 295 Å². The van der Waals surface area contributed by atoms with E-state index in [9.17, 15) is 0 Å². The van der Waals surface area contributed by atoms with Crippen LogP contribution in [-0.2, 0) is 0 Å². The number of anilines is 12. The van der Waals surface area contributed by atoms with Gasteiger partial charge in [-0.15, -0.1) is 0 Å². The van der Waals surface area contributed by atoms with Crippen molar-refractivity contribution in [2.45, 2.75) is 19.6 Å². The molecule has 0 aromatic heterocycles. The van der Waals surface area contributed by atoms with E-state index in [2.05, 4.69) is 384 Å². The molecule has 0 saturated heterocycles. The molecule has 0 atom stereocenters. The predicted molar refractivity (Wildman–Crippen MR) is 417 cm³/mol. The lowest BCUT2D eigenvalue weighted by molar-refractivity contribution is 1.22. The monoisotopic (exact) mass is 1280 g/mol. The molecule has 458 valence electrons. The Morgan fingerprint density at radius 2 is 0.653 bits per heavy atom. The molecule has 15 aromatic rings. The van der Waals surface area contributed by atoms with Crippen LogP contribution < -0.4 is 52.4 Å². The van der Waals surface area contributed by atoms with E-state index in [4.69, 9.17) is 0 Å². The van der Waals surface area contributed by atoms with E-state index in [-0.39, 0.29) is 13.4 Å². The van der Waals surface area contributed by atoms with Crippen molar-refractivity contribution in [2.24, 2.45) is 0 Å². The van der Waals surface area contributed by atoms with Crippen LogP contribution in [0, 0.1) is 0 Å². The fourth-order valence-electron chi connectivity index (χ4n) is 15.6. The van der Waals surface area contributed by atoms with Crippen molar-refractivity contribution in [3.63, 3.8) is 0 Å². The second-order valence-corrected chi connectivity index (χ2v) is 27.6. The molecule has 0 aliphatic carbocycles. The van der Waals surface area contributed by atoms with Gasteiger partial charge >= 0.3 is 0 Å². The number of fused-ring (bicyclic) bond motifs is 8. The van der Waals surface area contributed by atoms with Crippen molar-refractivity contribution in [1.82, 2.24) is 0 Å². The highest BCUT2D eigenvalue weighted by Gasteiger charge is 2.47. The maximum Gasteiger partial charge on any atom is 0.249 e. The molecule has 4 nitrogen and oxygen atoms in total. The molecule has 0 fully saturated rings. The Hall–Kier alpha value is -11.7. The minimum absolute atomic E-state index is 0.101. The quantitative estimate of drug-likeness (QED) is 0.112. The van der Waals surface area contributed by atoms with Gasteiger partial charge in [-0.3, -0.25) is 0 Å². The van der Waals surface area contributed by atoms with Crippen LogP contribution in [0.15, 0.2) is 384 Å². The summed E-state index contributed by atoms with van der Waals surface area (Å²) >= 11 is 3.82. The minimum Gasteiger partial charge on any atom is -0.311 e. The van der Waals surface area contributed by atoms with E-state index in [1.165, 1.54) is 80.4 Å². The highest BCUT2D eigenvalue weighted by molar-refractivity contribution is 8.00. The number of rotatable bonds is 12. The molecule has 0 bridgehead atoms. The zero-order valence-electron chi connectivity index (χ0n) is 53.4. The first-order valence-electron chi connectivity index (χ1n) is 33.6. The van der Waals surface area contributed by atoms with Gasteiger partial charge in [0.05, 0.1) is 5.69 Å². The molecule has 0 radical (unpaired) electrons. The molecule has 4 heterocycles. The fraction of sp³-hybridized carbons (Fsp3) is 0. The first-order valence-corrected chi connectivity index (χ1v) is 35.2. The average Bonchev–Trinajstić information content (AvgIpc) is 0.693. The third kappa shape index (κ3) is 9.81. The second-order valence-electron chi connectivity index (χ2n) is 25.5. The Labute approximate surface area is 581 Å². The highest BCUT2D eigenvalue weighted by Crippen LogP contribution is 2.53. The topological polar surface area (TPSA) is 13.0 Å². The normalized spacial score (nSPS) is 12.7. The lowest BCUT2D eigenvalue weighted by atomic mass is 9.31. The van der Waals surface area contributed by atoms with Gasteiger partial charge in [-0.05, 0) is 158 Å². The van der Waals surface area contributed by atoms with Crippen molar-refractivity contribution >= 4 is 138 Å². The van der Waals surface area contributed by atoms with Crippen LogP contribution in [0.2, 0.25) is 0 Å². The second kappa shape index (κ2) is 24.2. The summed E-state index contributed by atoms with van der Waals surface area (Å²) in [6.45, 7) is -0.214. The molecule has 0 amide bonds. The zero-order chi connectivity index (χ0) is 64.6. The van der Waals surface area contributed by atoms with Crippen LogP contribution in [0.1, 0.15) is 0 Å². The predicted octanol–water partition coefficient (Wildman–Crippen LogP) is 20.8. The zero-order valence-corrected chi connectivity index (χ0v) is 55.0. The van der Waals surface area contributed by atoms with Crippen molar-refractivity contribution in [3.8, 4) is 44.5 Å². The van der Waals surface area contributed by atoms with E-state index in [0.29, 0.717) is 0 Å². The number of nitrogens with zero attached hydrogens (tertiary/aromatic N) is 4. The SMILES string of the molecule is c1ccc(-c2ccc(N(c3cccc(-c4ccccc4)c3)c3cc4c5c(c3)N(c3ccccc3)c3ccccc3B5c3cc5c(cc3S4)N(c3c(-c4ccccc4)cccc3-c3ccccc3)c3cc(N(c4ccccc4)c4ccccc4)cc4c3B5c3ccccc3S4)cc2)cc1. The van der Waals surface area contributed by atoms with Gasteiger partial charge in [0.2, 0.25) is 13.4 Å². The Bertz CT molecular complexity index is 5440. The van der Waals surface area contributed by atoms with Crippen molar-refractivity contribution in [2.75, 3.05) is 19.6 Å². The first kappa shape index (κ1) is 57.7. The lowest BCUT2D eigenvalue weighted by Crippen LogP contribution is -2.64. The van der Waals surface area contributed by atoms with E-state index in [0.717, 1.165) is 84.7 Å². The average molecular weight is 1280 g/mol. The summed E-state index contributed by atoms with van der Waals surface area (Å²) in [5, 5.41) is 0. The third-order valence-corrected chi connectivity index (χ3v) is 22.2. The Balaban J connectivity index is 0.894. The summed E-state index contributed by atoms with van der Waals surface area (Å²) in [5.41, 5.74) is 30.5. The maximum absolute atomic E-state index is 2.69. The molecular weight excluding hydrogens is 1220 g/mol. The molecule has 19 rings (SSSR count). The third-order valence-electron chi connectivity index (χ3n) is 19.9. The van der Waals surface area contributed by atoms with Gasteiger partial charge in [0.15, 0.2) is 0 Å². The van der Waals surface area contributed by atoms with Crippen LogP contribution >= 0.6 is 23.5 Å². The minimum atomic E-state index is -0.113. The summed E-state index contributed by atoms with van der Waals surface area (Å²) in [6.07, 6.45) is 0. The molecule has 0 spiro atoms. The van der Waals surface area contributed by atoms with E-state index in [1.807, 2.05) is 23.5 Å². The van der Waals surface area contributed by atoms with Crippen LogP contribution in [0.3, 0.4) is 0 Å². The summed E-state index contributed by atoms with van der Waals surface area (Å²) in [6, 6.07) is 135.